The van der Waals surface area contributed by atoms with Crippen LogP contribution in [-0.2, 0) is 19.6 Å². The van der Waals surface area contributed by atoms with Gasteiger partial charge in [-0.05, 0) is 31.0 Å². The first-order valence-electron chi connectivity index (χ1n) is 7.16. The average Bonchev–Trinajstić information content (AvgIpc) is 3.05. The molecule has 1 atom stereocenters. The summed E-state index contributed by atoms with van der Waals surface area (Å²) < 4.78 is 50.9. The van der Waals surface area contributed by atoms with E-state index < -0.39 is 21.7 Å². The average molecular weight is 346 g/mol. The maximum Gasteiger partial charge on any atom is 0.257 e. The van der Waals surface area contributed by atoms with E-state index in [1.807, 2.05) is 0 Å². The van der Waals surface area contributed by atoms with Gasteiger partial charge in [0, 0.05) is 20.2 Å². The maximum absolute atomic E-state index is 13.9. The van der Waals surface area contributed by atoms with E-state index in [0.717, 1.165) is 18.9 Å². The van der Waals surface area contributed by atoms with Crippen molar-refractivity contribution in [2.75, 3.05) is 26.8 Å². The molecule has 1 aromatic carbocycles. The van der Waals surface area contributed by atoms with Crippen LogP contribution >= 0.6 is 0 Å². The van der Waals surface area contributed by atoms with Crippen molar-refractivity contribution in [3.8, 4) is 5.75 Å². The summed E-state index contributed by atoms with van der Waals surface area (Å²) in [5.41, 5.74) is 0. The van der Waals surface area contributed by atoms with Crippen LogP contribution in [0.2, 0.25) is 0 Å². The van der Waals surface area contributed by atoms with Gasteiger partial charge in [-0.15, -0.1) is 0 Å². The summed E-state index contributed by atoms with van der Waals surface area (Å²) in [6, 6.07) is 3.26. The molecule has 2 N–H and O–H groups in total. The van der Waals surface area contributed by atoms with Gasteiger partial charge < -0.3 is 14.8 Å². The maximum atomic E-state index is 13.9. The van der Waals surface area contributed by atoms with Crippen molar-refractivity contribution < 1.29 is 27.1 Å². The Morgan fingerprint density at radius 1 is 1.48 bits per heavy atom. The van der Waals surface area contributed by atoms with E-state index in [2.05, 4.69) is 10.0 Å². The van der Waals surface area contributed by atoms with E-state index in [0.29, 0.717) is 6.61 Å². The topological polar surface area (TPSA) is 93.7 Å². The Morgan fingerprint density at radius 2 is 2.26 bits per heavy atom. The van der Waals surface area contributed by atoms with E-state index >= 15 is 0 Å². The van der Waals surface area contributed by atoms with E-state index in [1.165, 1.54) is 19.2 Å². The number of ether oxygens (including phenoxy) is 2. The minimum absolute atomic E-state index is 0.148. The molecule has 0 aromatic heterocycles. The summed E-state index contributed by atoms with van der Waals surface area (Å²) >= 11 is 0. The van der Waals surface area contributed by atoms with Crippen LogP contribution in [0, 0.1) is 5.82 Å². The van der Waals surface area contributed by atoms with Crippen LogP contribution in [0.4, 0.5) is 4.39 Å². The van der Waals surface area contributed by atoms with Gasteiger partial charge in [0.1, 0.15) is 0 Å². The van der Waals surface area contributed by atoms with Crippen molar-refractivity contribution >= 4 is 15.9 Å². The third kappa shape index (κ3) is 4.88. The molecule has 23 heavy (non-hydrogen) atoms. The van der Waals surface area contributed by atoms with Crippen LogP contribution in [0.15, 0.2) is 23.1 Å². The molecule has 0 spiro atoms. The van der Waals surface area contributed by atoms with Gasteiger partial charge in [0.2, 0.25) is 10.0 Å². The molecule has 1 heterocycles. The van der Waals surface area contributed by atoms with Gasteiger partial charge in [0.25, 0.3) is 5.91 Å². The second-order valence-electron chi connectivity index (χ2n) is 5.04. The number of hydrogen-bond acceptors (Lipinski definition) is 5. The lowest BCUT2D eigenvalue weighted by Crippen LogP contribution is -2.31. The molecule has 0 bridgehead atoms. The highest BCUT2D eigenvalue weighted by Crippen LogP contribution is 2.21. The van der Waals surface area contributed by atoms with Crippen LogP contribution in [0.3, 0.4) is 0 Å². The predicted octanol–water partition coefficient (Wildman–Crippen LogP) is 0.408. The van der Waals surface area contributed by atoms with Crippen LogP contribution in [-0.4, -0.2) is 47.2 Å². The zero-order valence-corrected chi connectivity index (χ0v) is 13.5. The van der Waals surface area contributed by atoms with Crippen molar-refractivity contribution in [2.45, 2.75) is 23.8 Å². The molecule has 2 rings (SSSR count). The molecule has 0 aliphatic carbocycles. The molecule has 1 fully saturated rings. The Kier molecular flexibility index (Phi) is 5.91. The largest absolute Gasteiger partial charge is 0.481 e. The van der Waals surface area contributed by atoms with Crippen molar-refractivity contribution in [3.05, 3.63) is 24.0 Å². The van der Waals surface area contributed by atoms with E-state index in [9.17, 15) is 17.6 Å². The molecule has 1 saturated heterocycles. The number of carbonyl (C=O) groups excluding carboxylic acids is 1. The number of rotatable bonds is 7. The smallest absolute Gasteiger partial charge is 0.257 e. The fraction of sp³-hybridized carbons (Fsp3) is 0.500. The molecule has 7 nitrogen and oxygen atoms in total. The van der Waals surface area contributed by atoms with Gasteiger partial charge in [0.15, 0.2) is 18.2 Å². The quantitative estimate of drug-likeness (QED) is 0.746. The minimum Gasteiger partial charge on any atom is -0.481 e. The van der Waals surface area contributed by atoms with Crippen molar-refractivity contribution in [2.24, 2.45) is 0 Å². The fourth-order valence-electron chi connectivity index (χ4n) is 2.07. The first-order valence-corrected chi connectivity index (χ1v) is 8.65. The summed E-state index contributed by atoms with van der Waals surface area (Å²) in [5, 5.41) is 2.33. The van der Waals surface area contributed by atoms with E-state index in [4.69, 9.17) is 9.47 Å². The van der Waals surface area contributed by atoms with Crippen molar-refractivity contribution in [1.29, 1.82) is 0 Å². The highest BCUT2D eigenvalue weighted by molar-refractivity contribution is 7.89. The molecular weight excluding hydrogens is 327 g/mol. The molecule has 9 heteroatoms. The molecule has 0 radical (unpaired) electrons. The lowest BCUT2D eigenvalue weighted by molar-refractivity contribution is -0.122. The molecule has 1 aliphatic rings. The highest BCUT2D eigenvalue weighted by atomic mass is 32.2. The lowest BCUT2D eigenvalue weighted by Gasteiger charge is -2.12. The fourth-order valence-corrected chi connectivity index (χ4v) is 3.15. The summed E-state index contributed by atoms with van der Waals surface area (Å²) in [5.74, 6) is -1.46. The Morgan fingerprint density at radius 3 is 2.87 bits per heavy atom. The summed E-state index contributed by atoms with van der Waals surface area (Å²) in [7, 11) is -2.40. The number of amides is 1. The number of nitrogens with one attached hydrogen (secondary N) is 2. The highest BCUT2D eigenvalue weighted by Gasteiger charge is 2.21. The summed E-state index contributed by atoms with van der Waals surface area (Å²) in [6.45, 7) is 0.425. The second kappa shape index (κ2) is 7.71. The molecular formula is C14H19FN2O5S. The Balaban J connectivity index is 2.01. The molecule has 128 valence electrons. The molecule has 1 aromatic rings. The number of halogens is 1. The van der Waals surface area contributed by atoms with Gasteiger partial charge in [0.05, 0.1) is 11.0 Å². The number of sulfonamides is 1. The van der Waals surface area contributed by atoms with Crippen LogP contribution in [0.25, 0.3) is 0 Å². The standard InChI is InChI=1S/C14H19FN2O5S/c1-16-14(18)9-22-13-5-4-11(7-12(13)15)23(19,20)17-8-10-3-2-6-21-10/h4-5,7,10,17H,2-3,6,8-9H2,1H3,(H,16,18)/t10-/m1/s1. The van der Waals surface area contributed by atoms with Gasteiger partial charge >= 0.3 is 0 Å². The Hall–Kier alpha value is -1.71. The summed E-state index contributed by atoms with van der Waals surface area (Å²) in [6.07, 6.45) is 1.55. The van der Waals surface area contributed by atoms with Crippen molar-refractivity contribution in [1.82, 2.24) is 10.0 Å². The van der Waals surface area contributed by atoms with E-state index in [-0.39, 0.29) is 29.9 Å². The van der Waals surface area contributed by atoms with Crippen LogP contribution in [0.1, 0.15) is 12.8 Å². The molecule has 0 unspecified atom stereocenters. The monoisotopic (exact) mass is 346 g/mol. The SMILES string of the molecule is CNC(=O)COc1ccc(S(=O)(=O)NC[C@H]2CCCO2)cc1F. The summed E-state index contributed by atoms with van der Waals surface area (Å²) in [4.78, 5) is 10.8. The van der Waals surface area contributed by atoms with Gasteiger partial charge in [-0.1, -0.05) is 0 Å². The van der Waals surface area contributed by atoms with Crippen LogP contribution < -0.4 is 14.8 Å². The number of likely N-dealkylation sites (N-methyl/N-ethyl adjacent to an activating group) is 1. The normalized spacial score (nSPS) is 17.9. The molecule has 0 saturated carbocycles. The van der Waals surface area contributed by atoms with Gasteiger partial charge in [-0.25, -0.2) is 17.5 Å². The first-order chi connectivity index (χ1) is 10.9. The Bertz CT molecular complexity index is 659. The van der Waals surface area contributed by atoms with Crippen LogP contribution in [0.5, 0.6) is 5.75 Å². The third-order valence-electron chi connectivity index (χ3n) is 3.38. The third-order valence-corrected chi connectivity index (χ3v) is 4.80. The predicted molar refractivity (Wildman–Crippen MR) is 80.1 cm³/mol. The Labute approximate surface area is 134 Å². The zero-order chi connectivity index (χ0) is 16.9. The second-order valence-corrected chi connectivity index (χ2v) is 6.81. The number of hydrogen-bond donors (Lipinski definition) is 2. The van der Waals surface area contributed by atoms with Gasteiger partial charge in [-0.3, -0.25) is 4.79 Å². The van der Waals surface area contributed by atoms with E-state index in [1.54, 1.807) is 0 Å². The number of benzene rings is 1. The minimum atomic E-state index is -3.83. The molecule has 1 amide bonds. The number of carbonyl (C=O) groups is 1. The lowest BCUT2D eigenvalue weighted by atomic mass is 10.2. The van der Waals surface area contributed by atoms with Gasteiger partial charge in [-0.2, -0.15) is 0 Å². The first kappa shape index (κ1) is 17.6. The van der Waals surface area contributed by atoms with Crippen molar-refractivity contribution in [3.63, 3.8) is 0 Å². The zero-order valence-electron chi connectivity index (χ0n) is 12.7. The molecule has 1 aliphatic heterocycles.